The Morgan fingerprint density at radius 1 is 0.850 bits per heavy atom. The average Bonchev–Trinajstić information content (AvgIpc) is 2.74. The zero-order chi connectivity index (χ0) is 14.5. The maximum atomic E-state index is 13.3. The number of hydrogen-bond donors (Lipinski definition) is 0. The number of alkyl halides is 5. The molecule has 0 amide bonds. The van der Waals surface area contributed by atoms with E-state index in [4.69, 9.17) is 0 Å². The summed E-state index contributed by atoms with van der Waals surface area (Å²) in [7, 11) is 0. The van der Waals surface area contributed by atoms with E-state index in [1.54, 1.807) is 12.1 Å². The van der Waals surface area contributed by atoms with E-state index in [1.807, 2.05) is 12.1 Å². The monoisotopic (exact) mass is 283 g/mol. The average molecular weight is 283 g/mol. The predicted molar refractivity (Wildman–Crippen MR) is 63.5 cm³/mol. The highest BCUT2D eigenvalue weighted by Gasteiger charge is 2.58. The molecule has 0 saturated carbocycles. The van der Waals surface area contributed by atoms with Gasteiger partial charge in [-0.1, -0.05) is 36.4 Å². The van der Waals surface area contributed by atoms with E-state index < -0.39 is 17.7 Å². The van der Waals surface area contributed by atoms with Gasteiger partial charge in [0.05, 0.1) is 0 Å². The fourth-order valence-corrected chi connectivity index (χ4v) is 2.39. The van der Waals surface area contributed by atoms with E-state index in [9.17, 15) is 22.0 Å². The zero-order valence-corrected chi connectivity index (χ0v) is 10.1. The lowest BCUT2D eigenvalue weighted by Gasteiger charge is -2.20. The fraction of sp³-hybridized carbons (Fsp3) is 0.200. The number of benzene rings is 2. The minimum absolute atomic E-state index is 0.327. The highest BCUT2D eigenvalue weighted by molar-refractivity contribution is 5.76. The first kappa shape index (κ1) is 13.1. The fourth-order valence-electron chi connectivity index (χ4n) is 2.39. The Hall–Kier alpha value is -1.91. The normalized spacial score (nSPS) is 14.1. The van der Waals surface area contributed by atoms with Crippen molar-refractivity contribution in [3.05, 3.63) is 59.2 Å². The van der Waals surface area contributed by atoms with Crippen LogP contribution in [0.15, 0.2) is 36.4 Å². The van der Waals surface area contributed by atoms with Crippen LogP contribution in [0.25, 0.3) is 11.1 Å². The third-order valence-electron chi connectivity index (χ3n) is 3.40. The van der Waals surface area contributed by atoms with Crippen molar-refractivity contribution in [2.24, 2.45) is 0 Å². The zero-order valence-electron chi connectivity index (χ0n) is 10.1. The van der Waals surface area contributed by atoms with Crippen molar-refractivity contribution in [3.8, 4) is 11.1 Å². The van der Waals surface area contributed by atoms with Crippen LogP contribution in [0.2, 0.25) is 0 Å². The predicted octanol–water partition coefficient (Wildman–Crippen LogP) is 4.71. The van der Waals surface area contributed by atoms with Gasteiger partial charge in [0.25, 0.3) is 0 Å². The highest BCUT2D eigenvalue weighted by atomic mass is 19.4. The molecular weight excluding hydrogens is 275 g/mol. The molecule has 3 rings (SSSR count). The van der Waals surface area contributed by atoms with Crippen LogP contribution >= 0.6 is 0 Å². The molecule has 5 heteroatoms. The summed E-state index contributed by atoms with van der Waals surface area (Å²) in [5.41, 5.74) is 1.69. The van der Waals surface area contributed by atoms with Crippen LogP contribution in [0, 0.1) is 6.07 Å². The third-order valence-corrected chi connectivity index (χ3v) is 3.40. The molecule has 20 heavy (non-hydrogen) atoms. The molecule has 0 fully saturated rings. The molecule has 1 radical (unpaired) electrons. The lowest BCUT2D eigenvalue weighted by Crippen LogP contribution is -2.33. The SMILES string of the molecule is FC(F)(F)C(F)(F)c1[c]c2c(cc1)-c1ccccc1C2. The maximum absolute atomic E-state index is 13.3. The largest absolute Gasteiger partial charge is 0.458 e. The molecule has 0 unspecified atom stereocenters. The Bertz CT molecular complexity index is 670. The van der Waals surface area contributed by atoms with Gasteiger partial charge in [-0.05, 0) is 34.7 Å². The molecule has 103 valence electrons. The van der Waals surface area contributed by atoms with Gasteiger partial charge in [0.1, 0.15) is 0 Å². The van der Waals surface area contributed by atoms with Gasteiger partial charge in [0.2, 0.25) is 0 Å². The van der Waals surface area contributed by atoms with Crippen molar-refractivity contribution in [1.82, 2.24) is 0 Å². The van der Waals surface area contributed by atoms with E-state index >= 15 is 0 Å². The molecule has 1 aliphatic rings. The number of fused-ring (bicyclic) bond motifs is 3. The second-order valence-electron chi connectivity index (χ2n) is 4.67. The summed E-state index contributed by atoms with van der Waals surface area (Å²) in [6.07, 6.45) is -5.28. The van der Waals surface area contributed by atoms with Gasteiger partial charge in [-0.25, -0.2) is 0 Å². The highest BCUT2D eigenvalue weighted by Crippen LogP contribution is 2.46. The summed E-state index contributed by atoms with van der Waals surface area (Å²) >= 11 is 0. The van der Waals surface area contributed by atoms with Crippen molar-refractivity contribution >= 4 is 0 Å². The molecule has 0 heterocycles. The molecule has 1 aliphatic carbocycles. The smallest absolute Gasteiger partial charge is 0.191 e. The van der Waals surface area contributed by atoms with Gasteiger partial charge < -0.3 is 0 Å². The van der Waals surface area contributed by atoms with Crippen LogP contribution in [0.5, 0.6) is 0 Å². The van der Waals surface area contributed by atoms with Gasteiger partial charge in [-0.3, -0.25) is 0 Å². The Labute approximate surface area is 111 Å². The quantitative estimate of drug-likeness (QED) is 0.567. The van der Waals surface area contributed by atoms with E-state index in [0.717, 1.165) is 17.2 Å². The maximum Gasteiger partial charge on any atom is 0.458 e. The summed E-state index contributed by atoms with van der Waals surface area (Å²) in [5, 5.41) is 0. The summed E-state index contributed by atoms with van der Waals surface area (Å²) in [5.74, 6) is -4.88. The molecule has 0 N–H and O–H groups in total. The Morgan fingerprint density at radius 2 is 1.55 bits per heavy atom. The van der Waals surface area contributed by atoms with Crippen LogP contribution in [-0.2, 0) is 12.3 Å². The van der Waals surface area contributed by atoms with E-state index in [-0.39, 0.29) is 0 Å². The molecule has 2 aromatic rings. The molecule has 2 aromatic carbocycles. The van der Waals surface area contributed by atoms with Crippen LogP contribution in [-0.4, -0.2) is 6.18 Å². The summed E-state index contributed by atoms with van der Waals surface area (Å²) in [6, 6.07) is 11.6. The van der Waals surface area contributed by atoms with Crippen LogP contribution in [0.1, 0.15) is 16.7 Å². The Kier molecular flexibility index (Phi) is 2.64. The molecule has 0 nitrogen and oxygen atoms in total. The van der Waals surface area contributed by atoms with Crippen molar-refractivity contribution in [2.75, 3.05) is 0 Å². The van der Waals surface area contributed by atoms with Crippen LogP contribution < -0.4 is 0 Å². The van der Waals surface area contributed by atoms with E-state index in [2.05, 4.69) is 6.07 Å². The molecule has 0 aromatic heterocycles. The number of hydrogen-bond acceptors (Lipinski definition) is 0. The number of rotatable bonds is 1. The van der Waals surface area contributed by atoms with Crippen molar-refractivity contribution in [3.63, 3.8) is 0 Å². The molecule has 0 saturated heterocycles. The van der Waals surface area contributed by atoms with Crippen molar-refractivity contribution in [1.29, 1.82) is 0 Å². The minimum atomic E-state index is -5.61. The summed E-state index contributed by atoms with van der Waals surface area (Å²) < 4.78 is 63.7. The second kappa shape index (κ2) is 4.04. The Morgan fingerprint density at radius 3 is 2.25 bits per heavy atom. The summed E-state index contributed by atoms with van der Waals surface area (Å²) in [6.45, 7) is 0. The third kappa shape index (κ3) is 1.80. The standard InChI is InChI=1S/C15H8F5/c16-14(17,15(18,19)20)11-5-6-13-10(8-11)7-9-3-1-2-4-12(9)13/h1-6H,7H2. The minimum Gasteiger partial charge on any atom is -0.191 e. The van der Waals surface area contributed by atoms with E-state index in [1.165, 1.54) is 6.07 Å². The van der Waals surface area contributed by atoms with Gasteiger partial charge in [-0.2, -0.15) is 22.0 Å². The van der Waals surface area contributed by atoms with Gasteiger partial charge >= 0.3 is 12.1 Å². The number of halogens is 5. The molecule has 0 aliphatic heterocycles. The molecule has 0 spiro atoms. The Balaban J connectivity index is 2.08. The van der Waals surface area contributed by atoms with Crippen LogP contribution in [0.3, 0.4) is 0 Å². The van der Waals surface area contributed by atoms with Gasteiger partial charge in [0.15, 0.2) is 0 Å². The first-order chi connectivity index (χ1) is 9.30. The first-order valence-corrected chi connectivity index (χ1v) is 5.89. The van der Waals surface area contributed by atoms with Gasteiger partial charge in [-0.15, -0.1) is 0 Å². The first-order valence-electron chi connectivity index (χ1n) is 5.89. The van der Waals surface area contributed by atoms with Crippen molar-refractivity contribution in [2.45, 2.75) is 18.5 Å². The van der Waals surface area contributed by atoms with Crippen LogP contribution in [0.4, 0.5) is 22.0 Å². The lowest BCUT2D eigenvalue weighted by molar-refractivity contribution is -0.289. The summed E-state index contributed by atoms with van der Waals surface area (Å²) in [4.78, 5) is 0. The van der Waals surface area contributed by atoms with Gasteiger partial charge in [0, 0.05) is 5.56 Å². The van der Waals surface area contributed by atoms with Crippen molar-refractivity contribution < 1.29 is 22.0 Å². The molecular formula is C15H8F5. The topological polar surface area (TPSA) is 0 Å². The second-order valence-corrected chi connectivity index (χ2v) is 4.67. The molecule has 0 bridgehead atoms. The molecule has 0 atom stereocenters. The lowest BCUT2D eigenvalue weighted by atomic mass is 10.00. The van der Waals surface area contributed by atoms with E-state index in [0.29, 0.717) is 17.5 Å².